The van der Waals surface area contributed by atoms with Crippen LogP contribution >= 0.6 is 11.3 Å². The summed E-state index contributed by atoms with van der Waals surface area (Å²) in [5.74, 6) is 0.110. The van der Waals surface area contributed by atoms with Gasteiger partial charge in [-0.25, -0.2) is 8.42 Å². The maximum atomic E-state index is 13.0. The van der Waals surface area contributed by atoms with Gasteiger partial charge in [0, 0.05) is 37.5 Å². The van der Waals surface area contributed by atoms with Crippen molar-refractivity contribution >= 4 is 27.3 Å². The van der Waals surface area contributed by atoms with E-state index in [9.17, 15) is 13.2 Å². The lowest BCUT2D eigenvalue weighted by Gasteiger charge is -2.26. The Labute approximate surface area is 195 Å². The number of hydrogen-bond acceptors (Lipinski definition) is 5. The summed E-state index contributed by atoms with van der Waals surface area (Å²) >= 11 is 1.66. The molecule has 0 spiro atoms. The molecule has 0 bridgehead atoms. The van der Waals surface area contributed by atoms with Crippen LogP contribution in [-0.4, -0.2) is 55.9 Å². The summed E-state index contributed by atoms with van der Waals surface area (Å²) in [6, 6.07) is 11.1. The number of amides is 1. The Morgan fingerprint density at radius 2 is 1.88 bits per heavy atom. The van der Waals surface area contributed by atoms with Crippen LogP contribution in [0.5, 0.6) is 0 Å². The normalized spacial score (nSPS) is 19.8. The third-order valence-electron chi connectivity index (χ3n) is 6.23. The lowest BCUT2D eigenvalue weighted by Crippen LogP contribution is -2.36. The molecule has 3 heterocycles. The maximum absolute atomic E-state index is 13.0. The summed E-state index contributed by atoms with van der Waals surface area (Å²) in [5.41, 5.74) is 0.976. The van der Waals surface area contributed by atoms with Gasteiger partial charge in [0.25, 0.3) is 0 Å². The molecular weight excluding hydrogens is 444 g/mol. The zero-order chi connectivity index (χ0) is 22.4. The first kappa shape index (κ1) is 23.4. The topological polar surface area (TPSA) is 66.9 Å². The van der Waals surface area contributed by atoms with Crippen molar-refractivity contribution in [2.45, 2.75) is 62.5 Å². The fraction of sp³-hybridized carbons (Fsp3) is 0.542. The van der Waals surface area contributed by atoms with E-state index in [-0.39, 0.29) is 12.0 Å². The van der Waals surface area contributed by atoms with E-state index in [1.807, 2.05) is 28.5 Å². The second-order valence-electron chi connectivity index (χ2n) is 8.60. The average Bonchev–Trinajstić information content (AvgIpc) is 3.52. The minimum atomic E-state index is -3.42. The summed E-state index contributed by atoms with van der Waals surface area (Å²) in [6.07, 6.45) is 6.11. The van der Waals surface area contributed by atoms with Crippen LogP contribution in [0.4, 0.5) is 0 Å². The number of rotatable bonds is 9. The Hall–Kier alpha value is -1.74. The van der Waals surface area contributed by atoms with E-state index in [4.69, 9.17) is 4.74 Å². The van der Waals surface area contributed by atoms with E-state index >= 15 is 0 Å². The SMILES string of the molecule is O=C(CCc1ccc(S(=O)(=O)N2CCCCC2)cc1)N(Cc1cccs1)CC1CCCO1. The van der Waals surface area contributed by atoms with Crippen LogP contribution in [-0.2, 0) is 32.5 Å². The molecule has 174 valence electrons. The molecule has 0 N–H and O–H groups in total. The van der Waals surface area contributed by atoms with Crippen LogP contribution in [0.15, 0.2) is 46.7 Å². The van der Waals surface area contributed by atoms with E-state index in [0.717, 1.165) is 44.3 Å². The summed E-state index contributed by atoms with van der Waals surface area (Å²) in [5, 5.41) is 2.03. The van der Waals surface area contributed by atoms with E-state index in [1.54, 1.807) is 27.8 Å². The number of carbonyl (C=O) groups excluding carboxylic acids is 1. The summed E-state index contributed by atoms with van der Waals surface area (Å²) in [4.78, 5) is 16.5. The van der Waals surface area contributed by atoms with Gasteiger partial charge >= 0.3 is 0 Å². The highest BCUT2D eigenvalue weighted by Gasteiger charge is 2.26. The van der Waals surface area contributed by atoms with Crippen molar-refractivity contribution in [1.29, 1.82) is 0 Å². The highest BCUT2D eigenvalue weighted by Crippen LogP contribution is 2.22. The van der Waals surface area contributed by atoms with E-state index in [0.29, 0.717) is 43.9 Å². The van der Waals surface area contributed by atoms with Crippen LogP contribution in [0.25, 0.3) is 0 Å². The minimum Gasteiger partial charge on any atom is -0.376 e. The van der Waals surface area contributed by atoms with Crippen molar-refractivity contribution in [2.75, 3.05) is 26.2 Å². The molecule has 1 amide bonds. The van der Waals surface area contributed by atoms with Gasteiger partial charge < -0.3 is 9.64 Å². The van der Waals surface area contributed by atoms with Crippen LogP contribution in [0.1, 0.15) is 49.0 Å². The standard InChI is InChI=1S/C24H32N2O4S2/c27-24(25(18-21-6-4-16-30-21)19-22-7-5-17-31-22)13-10-20-8-11-23(12-9-20)32(28,29)26-14-2-1-3-15-26/h5,7-9,11-12,17,21H,1-4,6,10,13-16,18-19H2. The van der Waals surface area contributed by atoms with Gasteiger partial charge in [-0.05, 0) is 61.2 Å². The van der Waals surface area contributed by atoms with Crippen LogP contribution in [0.3, 0.4) is 0 Å². The zero-order valence-corrected chi connectivity index (χ0v) is 20.1. The predicted molar refractivity (Wildman–Crippen MR) is 126 cm³/mol. The molecule has 6 nitrogen and oxygen atoms in total. The van der Waals surface area contributed by atoms with Gasteiger partial charge in [0.2, 0.25) is 15.9 Å². The Morgan fingerprint density at radius 1 is 1.09 bits per heavy atom. The van der Waals surface area contributed by atoms with Gasteiger partial charge in [0.05, 0.1) is 17.5 Å². The van der Waals surface area contributed by atoms with Gasteiger partial charge in [-0.15, -0.1) is 11.3 Å². The van der Waals surface area contributed by atoms with Crippen LogP contribution in [0, 0.1) is 0 Å². The average molecular weight is 477 g/mol. The summed E-state index contributed by atoms with van der Waals surface area (Å²) in [6.45, 7) is 3.22. The molecule has 0 aliphatic carbocycles. The highest BCUT2D eigenvalue weighted by atomic mass is 32.2. The fourth-order valence-corrected chi connectivity index (χ4v) is 6.61. The number of sulfonamides is 1. The molecule has 1 unspecified atom stereocenters. The monoisotopic (exact) mass is 476 g/mol. The molecule has 4 rings (SSSR count). The molecule has 32 heavy (non-hydrogen) atoms. The highest BCUT2D eigenvalue weighted by molar-refractivity contribution is 7.89. The lowest BCUT2D eigenvalue weighted by atomic mass is 10.1. The second kappa shape index (κ2) is 10.9. The van der Waals surface area contributed by atoms with E-state index in [2.05, 4.69) is 6.07 Å². The first-order valence-corrected chi connectivity index (χ1v) is 13.9. The molecule has 2 aliphatic rings. The number of nitrogens with zero attached hydrogens (tertiary/aromatic N) is 2. The zero-order valence-electron chi connectivity index (χ0n) is 18.4. The number of benzene rings is 1. The molecular formula is C24H32N2O4S2. The van der Waals surface area contributed by atoms with Crippen LogP contribution < -0.4 is 0 Å². The van der Waals surface area contributed by atoms with Crippen molar-refractivity contribution in [2.24, 2.45) is 0 Å². The number of thiophene rings is 1. The molecule has 2 fully saturated rings. The van der Waals surface area contributed by atoms with Gasteiger partial charge in [0.15, 0.2) is 0 Å². The lowest BCUT2D eigenvalue weighted by molar-refractivity contribution is -0.133. The molecule has 1 aromatic heterocycles. The molecule has 2 aromatic rings. The van der Waals surface area contributed by atoms with Gasteiger partial charge in [-0.3, -0.25) is 4.79 Å². The number of aryl methyl sites for hydroxylation is 1. The van der Waals surface area contributed by atoms with E-state index in [1.165, 1.54) is 4.88 Å². The van der Waals surface area contributed by atoms with Crippen LogP contribution in [0.2, 0.25) is 0 Å². The van der Waals surface area contributed by atoms with Crippen molar-refractivity contribution in [3.8, 4) is 0 Å². The fourth-order valence-electron chi connectivity index (χ4n) is 4.37. The van der Waals surface area contributed by atoms with Gasteiger partial charge in [0.1, 0.15) is 0 Å². The minimum absolute atomic E-state index is 0.110. The quantitative estimate of drug-likeness (QED) is 0.547. The first-order valence-electron chi connectivity index (χ1n) is 11.5. The molecule has 8 heteroatoms. The Bertz CT molecular complexity index is 962. The van der Waals surface area contributed by atoms with Crippen molar-refractivity contribution < 1.29 is 17.9 Å². The van der Waals surface area contributed by atoms with E-state index < -0.39 is 10.0 Å². The third-order valence-corrected chi connectivity index (χ3v) is 9.01. The maximum Gasteiger partial charge on any atom is 0.243 e. The van der Waals surface area contributed by atoms with Gasteiger partial charge in [-0.1, -0.05) is 24.6 Å². The molecule has 1 aromatic carbocycles. The van der Waals surface area contributed by atoms with Gasteiger partial charge in [-0.2, -0.15) is 4.31 Å². The number of hydrogen-bond donors (Lipinski definition) is 0. The Kier molecular flexibility index (Phi) is 7.99. The second-order valence-corrected chi connectivity index (χ2v) is 11.6. The molecule has 0 radical (unpaired) electrons. The van der Waals surface area contributed by atoms with Crippen molar-refractivity contribution in [3.05, 3.63) is 52.2 Å². The van der Waals surface area contributed by atoms with Crippen molar-refractivity contribution in [3.63, 3.8) is 0 Å². The molecule has 0 saturated carbocycles. The summed E-state index contributed by atoms with van der Waals surface area (Å²) in [7, 11) is -3.42. The largest absolute Gasteiger partial charge is 0.376 e. The smallest absolute Gasteiger partial charge is 0.243 e. The predicted octanol–water partition coefficient (Wildman–Crippen LogP) is 4.06. The Balaban J connectivity index is 1.36. The molecule has 2 aliphatic heterocycles. The number of carbonyl (C=O) groups is 1. The number of ether oxygens (including phenoxy) is 1. The third kappa shape index (κ3) is 5.98. The summed E-state index contributed by atoms with van der Waals surface area (Å²) < 4.78 is 33.0. The molecule has 2 saturated heterocycles. The first-order chi connectivity index (χ1) is 15.5. The Morgan fingerprint density at radius 3 is 2.53 bits per heavy atom. The molecule has 1 atom stereocenters. The number of piperidine rings is 1. The van der Waals surface area contributed by atoms with Crippen molar-refractivity contribution in [1.82, 2.24) is 9.21 Å².